The van der Waals surface area contributed by atoms with Gasteiger partial charge in [-0.05, 0) is 48.1 Å². The second kappa shape index (κ2) is 7.85. The zero-order valence-corrected chi connectivity index (χ0v) is 15.8. The highest BCUT2D eigenvalue weighted by molar-refractivity contribution is 7.08. The van der Waals surface area contributed by atoms with E-state index in [1.807, 2.05) is 14.1 Å². The lowest BCUT2D eigenvalue weighted by Gasteiger charge is -2.16. The first-order chi connectivity index (χ1) is 12.1. The van der Waals surface area contributed by atoms with E-state index in [2.05, 4.69) is 69.1 Å². The molecule has 1 aromatic carbocycles. The Morgan fingerprint density at radius 1 is 1.28 bits per heavy atom. The molecule has 0 aliphatic carbocycles. The standard InChI is InChI=1S/C20H25N3OS/c1-22(2)10-9-21-20(24)12-17(15-8-11-25-14-15)18-13-23(3)19-7-5-4-6-16(18)19/h4-8,11,13-14,17H,9-10,12H2,1-3H3,(H,21,24). The Labute approximate surface area is 153 Å². The van der Waals surface area contributed by atoms with Crippen LogP contribution in [0.2, 0.25) is 0 Å². The molecule has 132 valence electrons. The number of aromatic nitrogens is 1. The molecule has 1 unspecified atom stereocenters. The molecule has 1 atom stereocenters. The van der Waals surface area contributed by atoms with E-state index in [0.29, 0.717) is 13.0 Å². The largest absolute Gasteiger partial charge is 0.355 e. The van der Waals surface area contributed by atoms with E-state index >= 15 is 0 Å². The molecule has 1 amide bonds. The molecular weight excluding hydrogens is 330 g/mol. The summed E-state index contributed by atoms with van der Waals surface area (Å²) in [5, 5.41) is 8.50. The first kappa shape index (κ1) is 17.7. The van der Waals surface area contributed by atoms with E-state index in [1.165, 1.54) is 22.0 Å². The molecule has 0 aliphatic rings. The first-order valence-corrected chi connectivity index (χ1v) is 9.48. The minimum atomic E-state index is 0.0803. The SMILES string of the molecule is CN(C)CCNC(=O)CC(c1ccsc1)c1cn(C)c2ccccc12. The van der Waals surface area contributed by atoms with Crippen molar-refractivity contribution in [3.05, 3.63) is 58.4 Å². The highest BCUT2D eigenvalue weighted by atomic mass is 32.1. The van der Waals surface area contributed by atoms with Gasteiger partial charge in [0, 0.05) is 49.6 Å². The number of para-hydroxylation sites is 1. The maximum atomic E-state index is 12.5. The Balaban J connectivity index is 1.87. The molecule has 5 heteroatoms. The highest BCUT2D eigenvalue weighted by Crippen LogP contribution is 2.35. The summed E-state index contributed by atoms with van der Waals surface area (Å²) in [5.74, 6) is 0.183. The van der Waals surface area contributed by atoms with Crippen LogP contribution in [0.3, 0.4) is 0 Å². The number of fused-ring (bicyclic) bond motifs is 1. The van der Waals surface area contributed by atoms with Gasteiger partial charge in [-0.3, -0.25) is 4.79 Å². The minimum absolute atomic E-state index is 0.0803. The number of likely N-dealkylation sites (N-methyl/N-ethyl adjacent to an activating group) is 1. The van der Waals surface area contributed by atoms with Crippen LogP contribution < -0.4 is 5.32 Å². The van der Waals surface area contributed by atoms with E-state index in [1.54, 1.807) is 11.3 Å². The highest BCUT2D eigenvalue weighted by Gasteiger charge is 2.22. The van der Waals surface area contributed by atoms with Gasteiger partial charge in [0.15, 0.2) is 0 Å². The van der Waals surface area contributed by atoms with Crippen molar-refractivity contribution in [2.45, 2.75) is 12.3 Å². The van der Waals surface area contributed by atoms with Gasteiger partial charge in [0.2, 0.25) is 5.91 Å². The zero-order valence-electron chi connectivity index (χ0n) is 15.0. The predicted molar refractivity (Wildman–Crippen MR) is 105 cm³/mol. The summed E-state index contributed by atoms with van der Waals surface area (Å²) in [6, 6.07) is 10.5. The van der Waals surface area contributed by atoms with Crippen molar-refractivity contribution in [1.29, 1.82) is 0 Å². The molecule has 1 N–H and O–H groups in total. The van der Waals surface area contributed by atoms with E-state index < -0.39 is 0 Å². The molecule has 4 nitrogen and oxygen atoms in total. The Hall–Kier alpha value is -2.11. The van der Waals surface area contributed by atoms with Gasteiger partial charge in [0.1, 0.15) is 0 Å². The minimum Gasteiger partial charge on any atom is -0.355 e. The molecule has 3 rings (SSSR count). The summed E-state index contributed by atoms with van der Waals surface area (Å²) in [7, 11) is 6.08. The van der Waals surface area contributed by atoms with Gasteiger partial charge in [-0.15, -0.1) is 0 Å². The van der Waals surface area contributed by atoms with Crippen molar-refractivity contribution in [2.75, 3.05) is 27.2 Å². The van der Waals surface area contributed by atoms with Crippen LogP contribution in [0.25, 0.3) is 10.9 Å². The lowest BCUT2D eigenvalue weighted by Crippen LogP contribution is -2.32. The van der Waals surface area contributed by atoms with Gasteiger partial charge < -0.3 is 14.8 Å². The van der Waals surface area contributed by atoms with Crippen molar-refractivity contribution in [3.8, 4) is 0 Å². The van der Waals surface area contributed by atoms with Crippen LogP contribution in [0.15, 0.2) is 47.3 Å². The maximum absolute atomic E-state index is 12.5. The number of hydrogen-bond acceptors (Lipinski definition) is 3. The van der Waals surface area contributed by atoms with Gasteiger partial charge in [-0.2, -0.15) is 11.3 Å². The topological polar surface area (TPSA) is 37.3 Å². The van der Waals surface area contributed by atoms with Crippen molar-refractivity contribution in [1.82, 2.24) is 14.8 Å². The molecule has 0 spiro atoms. The molecule has 0 saturated carbocycles. The lowest BCUT2D eigenvalue weighted by molar-refractivity contribution is -0.121. The zero-order chi connectivity index (χ0) is 17.8. The Kier molecular flexibility index (Phi) is 5.56. The number of thiophene rings is 1. The molecule has 0 fully saturated rings. The van der Waals surface area contributed by atoms with Gasteiger partial charge in [-0.25, -0.2) is 0 Å². The van der Waals surface area contributed by atoms with E-state index in [4.69, 9.17) is 0 Å². The van der Waals surface area contributed by atoms with Crippen molar-refractivity contribution in [2.24, 2.45) is 7.05 Å². The summed E-state index contributed by atoms with van der Waals surface area (Å²) in [5.41, 5.74) is 3.63. The Morgan fingerprint density at radius 3 is 2.80 bits per heavy atom. The molecule has 2 aromatic heterocycles. The molecule has 0 bridgehead atoms. The number of carbonyl (C=O) groups is 1. The average Bonchev–Trinajstić information content (AvgIpc) is 3.21. The van der Waals surface area contributed by atoms with Crippen LogP contribution >= 0.6 is 11.3 Å². The molecular formula is C20H25N3OS. The number of benzene rings is 1. The third kappa shape index (κ3) is 4.11. The lowest BCUT2D eigenvalue weighted by atomic mass is 9.89. The summed E-state index contributed by atoms with van der Waals surface area (Å²) in [6.07, 6.45) is 2.64. The average molecular weight is 356 g/mol. The second-order valence-corrected chi connectivity index (χ2v) is 7.46. The van der Waals surface area contributed by atoms with Crippen LogP contribution in [0, 0.1) is 0 Å². The summed E-state index contributed by atoms with van der Waals surface area (Å²) in [6.45, 7) is 1.53. The van der Waals surface area contributed by atoms with Crippen molar-refractivity contribution in [3.63, 3.8) is 0 Å². The number of aryl methyl sites for hydroxylation is 1. The molecule has 2 heterocycles. The fourth-order valence-electron chi connectivity index (χ4n) is 3.21. The first-order valence-electron chi connectivity index (χ1n) is 8.53. The third-order valence-electron chi connectivity index (χ3n) is 4.52. The molecule has 0 radical (unpaired) electrons. The summed E-state index contributed by atoms with van der Waals surface area (Å²) < 4.78 is 2.15. The number of amides is 1. The number of hydrogen-bond donors (Lipinski definition) is 1. The van der Waals surface area contributed by atoms with Crippen molar-refractivity contribution >= 4 is 28.1 Å². The smallest absolute Gasteiger partial charge is 0.220 e. The van der Waals surface area contributed by atoms with E-state index in [-0.39, 0.29) is 11.8 Å². The Bertz CT molecular complexity index is 836. The number of nitrogens with one attached hydrogen (secondary N) is 1. The fraction of sp³-hybridized carbons (Fsp3) is 0.350. The number of carbonyl (C=O) groups excluding carboxylic acids is 1. The van der Waals surface area contributed by atoms with E-state index in [9.17, 15) is 4.79 Å². The van der Waals surface area contributed by atoms with Crippen LogP contribution in [-0.2, 0) is 11.8 Å². The predicted octanol–water partition coefficient (Wildman–Crippen LogP) is 3.44. The normalized spacial score (nSPS) is 12.6. The fourth-order valence-corrected chi connectivity index (χ4v) is 3.92. The van der Waals surface area contributed by atoms with E-state index in [0.717, 1.165) is 6.54 Å². The summed E-state index contributed by atoms with van der Waals surface area (Å²) in [4.78, 5) is 14.6. The van der Waals surface area contributed by atoms with Crippen LogP contribution in [0.4, 0.5) is 0 Å². The molecule has 0 aliphatic heterocycles. The maximum Gasteiger partial charge on any atom is 0.220 e. The van der Waals surface area contributed by atoms with Crippen LogP contribution in [-0.4, -0.2) is 42.6 Å². The Morgan fingerprint density at radius 2 is 2.08 bits per heavy atom. The number of nitrogens with zero attached hydrogens (tertiary/aromatic N) is 2. The molecule has 3 aromatic rings. The molecule has 0 saturated heterocycles. The summed E-state index contributed by atoms with van der Waals surface area (Å²) >= 11 is 1.68. The van der Waals surface area contributed by atoms with Gasteiger partial charge in [0.25, 0.3) is 0 Å². The number of rotatable bonds is 7. The third-order valence-corrected chi connectivity index (χ3v) is 5.22. The van der Waals surface area contributed by atoms with Crippen LogP contribution in [0.5, 0.6) is 0 Å². The molecule has 25 heavy (non-hydrogen) atoms. The second-order valence-electron chi connectivity index (χ2n) is 6.68. The van der Waals surface area contributed by atoms with Gasteiger partial charge in [-0.1, -0.05) is 18.2 Å². The quantitative estimate of drug-likeness (QED) is 0.705. The van der Waals surface area contributed by atoms with Gasteiger partial charge >= 0.3 is 0 Å². The monoisotopic (exact) mass is 355 g/mol. The van der Waals surface area contributed by atoms with Crippen LogP contribution in [0.1, 0.15) is 23.5 Å². The van der Waals surface area contributed by atoms with Gasteiger partial charge in [0.05, 0.1) is 0 Å². The van der Waals surface area contributed by atoms with Crippen molar-refractivity contribution < 1.29 is 4.79 Å².